The fourth-order valence-electron chi connectivity index (χ4n) is 1.34. The van der Waals surface area contributed by atoms with Gasteiger partial charge in [-0.2, -0.15) is 5.26 Å². The van der Waals surface area contributed by atoms with E-state index in [2.05, 4.69) is 0 Å². The van der Waals surface area contributed by atoms with Gasteiger partial charge in [-0.1, -0.05) is 23.7 Å². The highest BCUT2D eigenvalue weighted by Crippen LogP contribution is 2.52. The molecule has 5 nitrogen and oxygen atoms in total. The summed E-state index contributed by atoms with van der Waals surface area (Å²) in [6.45, 7) is 3.66. The van der Waals surface area contributed by atoms with E-state index >= 15 is 0 Å². The molecular formula is C12H15ClNO4P. The zero-order valence-corrected chi connectivity index (χ0v) is 12.4. The molecule has 1 atom stereocenters. The highest BCUT2D eigenvalue weighted by atomic mass is 35.5. The van der Waals surface area contributed by atoms with Gasteiger partial charge in [0, 0.05) is 5.02 Å². The zero-order chi connectivity index (χ0) is 14.3. The van der Waals surface area contributed by atoms with Crippen molar-refractivity contribution in [3.05, 3.63) is 34.9 Å². The first-order valence-corrected chi connectivity index (χ1v) is 7.61. The summed E-state index contributed by atoms with van der Waals surface area (Å²) in [5, 5.41) is 9.65. The van der Waals surface area contributed by atoms with Crippen molar-refractivity contribution in [1.82, 2.24) is 0 Å². The largest absolute Gasteiger partial charge is 0.476 e. The van der Waals surface area contributed by atoms with Crippen molar-refractivity contribution >= 4 is 19.4 Å². The minimum absolute atomic E-state index is 0.163. The SMILES string of the molecule is CCOP(=O)(OCC)OC(C#N)c1ccc(Cl)cc1. The molecule has 1 aromatic rings. The minimum atomic E-state index is -3.72. The van der Waals surface area contributed by atoms with Gasteiger partial charge >= 0.3 is 7.82 Å². The molecule has 0 aromatic heterocycles. The quantitative estimate of drug-likeness (QED) is 0.709. The molecule has 0 spiro atoms. The molecule has 0 heterocycles. The molecule has 0 bridgehead atoms. The number of rotatable bonds is 7. The number of phosphoric acid groups is 1. The van der Waals surface area contributed by atoms with Gasteiger partial charge in [-0.15, -0.1) is 0 Å². The van der Waals surface area contributed by atoms with Crippen LogP contribution in [0.1, 0.15) is 25.5 Å². The Morgan fingerprint density at radius 1 is 1.26 bits per heavy atom. The highest BCUT2D eigenvalue weighted by Gasteiger charge is 2.30. The van der Waals surface area contributed by atoms with E-state index in [-0.39, 0.29) is 13.2 Å². The van der Waals surface area contributed by atoms with Gasteiger partial charge in [0.2, 0.25) is 0 Å². The molecule has 1 rings (SSSR count). The second-order valence-corrected chi connectivity index (χ2v) is 5.51. The van der Waals surface area contributed by atoms with Crippen LogP contribution >= 0.6 is 19.4 Å². The topological polar surface area (TPSA) is 68.6 Å². The first-order chi connectivity index (χ1) is 9.04. The summed E-state index contributed by atoms with van der Waals surface area (Å²) in [4.78, 5) is 0. The van der Waals surface area contributed by atoms with Crippen LogP contribution in [0.5, 0.6) is 0 Å². The molecule has 19 heavy (non-hydrogen) atoms. The summed E-state index contributed by atoms with van der Waals surface area (Å²) in [5.74, 6) is 0. The smallest absolute Gasteiger partial charge is 0.287 e. The van der Waals surface area contributed by atoms with Crippen molar-refractivity contribution in [2.45, 2.75) is 20.0 Å². The second kappa shape index (κ2) is 7.64. The van der Waals surface area contributed by atoms with E-state index in [0.29, 0.717) is 10.6 Å². The van der Waals surface area contributed by atoms with Crippen LogP contribution in [0.4, 0.5) is 0 Å². The maximum atomic E-state index is 12.2. The van der Waals surface area contributed by atoms with Gasteiger partial charge in [-0.3, -0.25) is 13.6 Å². The Bertz CT molecular complexity index is 475. The Balaban J connectivity index is 2.89. The van der Waals surface area contributed by atoms with Crippen molar-refractivity contribution < 1.29 is 18.1 Å². The predicted molar refractivity (Wildman–Crippen MR) is 71.7 cm³/mol. The lowest BCUT2D eigenvalue weighted by Gasteiger charge is -2.19. The number of benzene rings is 1. The van der Waals surface area contributed by atoms with Crippen molar-refractivity contribution in [3.8, 4) is 6.07 Å². The van der Waals surface area contributed by atoms with Gasteiger partial charge in [0.15, 0.2) is 6.10 Å². The van der Waals surface area contributed by atoms with Crippen LogP contribution in [0.3, 0.4) is 0 Å². The standard InChI is InChI=1S/C12H15ClNO4P/c1-3-16-19(15,17-4-2)18-12(9-14)10-5-7-11(13)8-6-10/h5-8,12H,3-4H2,1-2H3. The highest BCUT2D eigenvalue weighted by molar-refractivity contribution is 7.48. The average molecular weight is 304 g/mol. The third-order valence-corrected chi connectivity index (χ3v) is 3.97. The molecule has 0 saturated heterocycles. The van der Waals surface area contributed by atoms with Crippen LogP contribution in [-0.2, 0) is 18.1 Å². The molecule has 0 radical (unpaired) electrons. The lowest BCUT2D eigenvalue weighted by Crippen LogP contribution is -2.05. The molecule has 0 aliphatic carbocycles. The third-order valence-electron chi connectivity index (χ3n) is 2.10. The van der Waals surface area contributed by atoms with E-state index in [1.807, 2.05) is 6.07 Å². The maximum Gasteiger partial charge on any atom is 0.476 e. The molecule has 0 saturated carbocycles. The second-order valence-electron chi connectivity index (χ2n) is 3.45. The molecule has 7 heteroatoms. The van der Waals surface area contributed by atoms with Crippen molar-refractivity contribution in [3.63, 3.8) is 0 Å². The number of halogens is 1. The molecule has 104 valence electrons. The molecule has 0 aliphatic rings. The van der Waals surface area contributed by atoms with Crippen LogP contribution in [0.2, 0.25) is 5.02 Å². The van der Waals surface area contributed by atoms with Crippen LogP contribution in [0.25, 0.3) is 0 Å². The number of nitrogens with zero attached hydrogens (tertiary/aromatic N) is 1. The van der Waals surface area contributed by atoms with Crippen LogP contribution in [0, 0.1) is 11.3 Å². The average Bonchev–Trinajstić information content (AvgIpc) is 2.38. The zero-order valence-electron chi connectivity index (χ0n) is 10.7. The van der Waals surface area contributed by atoms with Gasteiger partial charge in [0.25, 0.3) is 0 Å². The summed E-state index contributed by atoms with van der Waals surface area (Å²) in [7, 11) is -3.72. The summed E-state index contributed by atoms with van der Waals surface area (Å²) in [6.07, 6.45) is -1.04. The van der Waals surface area contributed by atoms with E-state index in [0.717, 1.165) is 0 Å². The Hall–Kier alpha value is -0.890. The minimum Gasteiger partial charge on any atom is -0.287 e. The maximum absolute atomic E-state index is 12.2. The van der Waals surface area contributed by atoms with E-state index in [1.54, 1.807) is 38.1 Å². The van der Waals surface area contributed by atoms with E-state index < -0.39 is 13.9 Å². The van der Waals surface area contributed by atoms with Crippen molar-refractivity contribution in [1.29, 1.82) is 5.26 Å². The van der Waals surface area contributed by atoms with Gasteiger partial charge in [-0.05, 0) is 31.5 Å². The summed E-state index contributed by atoms with van der Waals surface area (Å²) in [6, 6.07) is 8.40. The molecular weight excluding hydrogens is 289 g/mol. The fourth-order valence-corrected chi connectivity index (χ4v) is 2.72. The molecule has 0 aliphatic heterocycles. The van der Waals surface area contributed by atoms with E-state index in [9.17, 15) is 4.57 Å². The number of nitriles is 1. The van der Waals surface area contributed by atoms with E-state index in [1.165, 1.54) is 0 Å². The molecule has 1 aromatic carbocycles. The predicted octanol–water partition coefficient (Wildman–Crippen LogP) is 4.10. The van der Waals surface area contributed by atoms with E-state index in [4.69, 9.17) is 30.4 Å². The van der Waals surface area contributed by atoms with Crippen LogP contribution < -0.4 is 0 Å². The van der Waals surface area contributed by atoms with Gasteiger partial charge in [0.05, 0.1) is 19.3 Å². The Morgan fingerprint density at radius 2 is 1.79 bits per heavy atom. The molecule has 0 N–H and O–H groups in total. The Kier molecular flexibility index (Phi) is 6.50. The lowest BCUT2D eigenvalue weighted by molar-refractivity contribution is 0.103. The Labute approximate surface area is 117 Å². The number of hydrogen-bond donors (Lipinski definition) is 0. The number of hydrogen-bond acceptors (Lipinski definition) is 5. The number of phosphoric ester groups is 1. The Morgan fingerprint density at radius 3 is 2.21 bits per heavy atom. The van der Waals surface area contributed by atoms with Crippen molar-refractivity contribution in [2.24, 2.45) is 0 Å². The first-order valence-electron chi connectivity index (χ1n) is 5.77. The van der Waals surface area contributed by atoms with Gasteiger partial charge in [-0.25, -0.2) is 4.57 Å². The fraction of sp³-hybridized carbons (Fsp3) is 0.417. The summed E-state index contributed by atoms with van der Waals surface area (Å²) >= 11 is 5.76. The van der Waals surface area contributed by atoms with Gasteiger partial charge in [0.1, 0.15) is 0 Å². The van der Waals surface area contributed by atoms with Crippen molar-refractivity contribution in [2.75, 3.05) is 13.2 Å². The summed E-state index contributed by atoms with van der Waals surface area (Å²) in [5.41, 5.74) is 0.534. The first kappa shape index (κ1) is 16.2. The van der Waals surface area contributed by atoms with Crippen LogP contribution in [0.15, 0.2) is 24.3 Å². The lowest BCUT2D eigenvalue weighted by atomic mass is 10.1. The van der Waals surface area contributed by atoms with Crippen LogP contribution in [-0.4, -0.2) is 13.2 Å². The third kappa shape index (κ3) is 4.94. The summed E-state index contributed by atoms with van der Waals surface area (Å²) < 4.78 is 27.3. The normalized spacial score (nSPS) is 12.9. The molecule has 0 amide bonds. The molecule has 0 fully saturated rings. The van der Waals surface area contributed by atoms with Gasteiger partial charge < -0.3 is 0 Å². The monoisotopic (exact) mass is 303 g/mol. The molecule has 1 unspecified atom stereocenters.